The number of hydrogen-bond donors (Lipinski definition) is 1. The summed E-state index contributed by atoms with van der Waals surface area (Å²) in [6.45, 7) is 3.98. The van der Waals surface area contributed by atoms with Crippen LogP contribution in [0.15, 0.2) is 18.5 Å². The first-order valence-corrected chi connectivity index (χ1v) is 4.35. The molecular weight excluding hydrogens is 164 g/mol. The molecule has 0 aliphatic carbocycles. The van der Waals surface area contributed by atoms with Crippen LogP contribution in [0.25, 0.3) is 0 Å². The minimum Gasteiger partial charge on any atom is -0.380 e. The zero-order chi connectivity index (χ0) is 9.84. The summed E-state index contributed by atoms with van der Waals surface area (Å²) in [5.41, 5.74) is 8.20. The van der Waals surface area contributed by atoms with Crippen LogP contribution in [0.3, 0.4) is 0 Å². The normalized spacial score (nSPS) is 15.4. The Kier molecular flexibility index (Phi) is 3.39. The maximum Gasteiger partial charge on any atom is 0.0736 e. The van der Waals surface area contributed by atoms with Crippen molar-refractivity contribution in [2.24, 2.45) is 5.73 Å². The van der Waals surface area contributed by atoms with E-state index < -0.39 is 0 Å². The van der Waals surface area contributed by atoms with Crippen LogP contribution in [0.1, 0.15) is 24.1 Å². The highest BCUT2D eigenvalue weighted by atomic mass is 16.5. The Labute approximate surface area is 78.9 Å². The Morgan fingerprint density at radius 3 is 2.77 bits per heavy atom. The SMILES string of the molecule is COC(C)C(N)c1cnccc1C. The summed E-state index contributed by atoms with van der Waals surface area (Å²) in [5, 5.41) is 0. The van der Waals surface area contributed by atoms with Crippen molar-refractivity contribution >= 4 is 0 Å². The predicted molar refractivity (Wildman–Crippen MR) is 52.4 cm³/mol. The lowest BCUT2D eigenvalue weighted by molar-refractivity contribution is 0.0954. The number of methoxy groups -OCH3 is 1. The van der Waals surface area contributed by atoms with Crippen molar-refractivity contribution in [3.05, 3.63) is 29.6 Å². The number of pyridine rings is 1. The smallest absolute Gasteiger partial charge is 0.0736 e. The second kappa shape index (κ2) is 4.35. The molecule has 0 saturated heterocycles. The third kappa shape index (κ3) is 2.26. The summed E-state index contributed by atoms with van der Waals surface area (Å²) in [7, 11) is 1.66. The molecule has 1 heterocycles. The van der Waals surface area contributed by atoms with Crippen LogP contribution >= 0.6 is 0 Å². The number of ether oxygens (including phenoxy) is 1. The van der Waals surface area contributed by atoms with Gasteiger partial charge in [0.25, 0.3) is 0 Å². The van der Waals surface area contributed by atoms with E-state index >= 15 is 0 Å². The summed E-state index contributed by atoms with van der Waals surface area (Å²) in [5.74, 6) is 0. The molecule has 2 atom stereocenters. The van der Waals surface area contributed by atoms with Gasteiger partial charge < -0.3 is 10.5 Å². The number of rotatable bonds is 3. The van der Waals surface area contributed by atoms with Gasteiger partial charge in [0.1, 0.15) is 0 Å². The first-order valence-electron chi connectivity index (χ1n) is 4.35. The highest BCUT2D eigenvalue weighted by molar-refractivity contribution is 5.25. The lowest BCUT2D eigenvalue weighted by Gasteiger charge is -2.19. The zero-order valence-corrected chi connectivity index (χ0v) is 8.32. The van der Waals surface area contributed by atoms with Gasteiger partial charge in [0, 0.05) is 19.5 Å². The van der Waals surface area contributed by atoms with Crippen LogP contribution in [-0.2, 0) is 4.74 Å². The van der Waals surface area contributed by atoms with Crippen molar-refractivity contribution in [1.29, 1.82) is 0 Å². The standard InChI is InChI=1S/C10H16N2O/c1-7-4-5-12-6-9(7)10(11)8(2)13-3/h4-6,8,10H,11H2,1-3H3. The number of nitrogens with two attached hydrogens (primary N) is 1. The fourth-order valence-electron chi connectivity index (χ4n) is 1.22. The topological polar surface area (TPSA) is 48.1 Å². The van der Waals surface area contributed by atoms with E-state index in [1.807, 2.05) is 19.9 Å². The highest BCUT2D eigenvalue weighted by Crippen LogP contribution is 2.18. The average molecular weight is 180 g/mol. The molecule has 0 aromatic carbocycles. The number of aryl methyl sites for hydroxylation is 1. The Hall–Kier alpha value is -0.930. The molecule has 1 rings (SSSR count). The molecule has 0 radical (unpaired) electrons. The third-order valence-electron chi connectivity index (χ3n) is 2.32. The molecule has 2 N–H and O–H groups in total. The lowest BCUT2D eigenvalue weighted by atomic mass is 10.0. The van der Waals surface area contributed by atoms with Gasteiger partial charge in [-0.2, -0.15) is 0 Å². The molecule has 0 aliphatic rings. The largest absolute Gasteiger partial charge is 0.380 e. The Morgan fingerprint density at radius 1 is 1.54 bits per heavy atom. The van der Waals surface area contributed by atoms with Crippen molar-refractivity contribution in [1.82, 2.24) is 4.98 Å². The van der Waals surface area contributed by atoms with Crippen LogP contribution in [0.2, 0.25) is 0 Å². The minimum atomic E-state index is -0.0984. The quantitative estimate of drug-likeness (QED) is 0.765. The molecular formula is C10H16N2O. The molecule has 0 aliphatic heterocycles. The summed E-state index contributed by atoms with van der Waals surface area (Å²) in [6, 6.07) is 1.86. The van der Waals surface area contributed by atoms with E-state index in [1.165, 1.54) is 0 Å². The average Bonchev–Trinajstić information content (AvgIpc) is 2.16. The monoisotopic (exact) mass is 180 g/mol. The molecule has 2 unspecified atom stereocenters. The maximum atomic E-state index is 5.98. The molecule has 3 nitrogen and oxygen atoms in total. The van der Waals surface area contributed by atoms with E-state index in [0.717, 1.165) is 11.1 Å². The summed E-state index contributed by atoms with van der Waals surface area (Å²) >= 11 is 0. The van der Waals surface area contributed by atoms with Gasteiger partial charge in [-0.3, -0.25) is 4.98 Å². The van der Waals surface area contributed by atoms with Gasteiger partial charge in [0.2, 0.25) is 0 Å². The summed E-state index contributed by atoms with van der Waals surface area (Å²) in [4.78, 5) is 4.05. The lowest BCUT2D eigenvalue weighted by Crippen LogP contribution is -2.26. The van der Waals surface area contributed by atoms with E-state index in [2.05, 4.69) is 4.98 Å². The van der Waals surface area contributed by atoms with E-state index in [-0.39, 0.29) is 12.1 Å². The van der Waals surface area contributed by atoms with Crippen molar-refractivity contribution < 1.29 is 4.74 Å². The molecule has 1 aromatic rings. The highest BCUT2D eigenvalue weighted by Gasteiger charge is 2.15. The zero-order valence-electron chi connectivity index (χ0n) is 8.32. The van der Waals surface area contributed by atoms with E-state index in [1.54, 1.807) is 19.5 Å². The number of hydrogen-bond acceptors (Lipinski definition) is 3. The molecule has 72 valence electrons. The first kappa shape index (κ1) is 10.2. The molecule has 0 saturated carbocycles. The Balaban J connectivity index is 2.88. The molecule has 0 fully saturated rings. The van der Waals surface area contributed by atoms with Gasteiger partial charge in [-0.05, 0) is 31.0 Å². The first-order chi connectivity index (χ1) is 6.16. The Bertz CT molecular complexity index is 275. The van der Waals surface area contributed by atoms with Crippen LogP contribution < -0.4 is 5.73 Å². The van der Waals surface area contributed by atoms with Gasteiger partial charge in [0.05, 0.1) is 12.1 Å². The van der Waals surface area contributed by atoms with Crippen LogP contribution in [0.4, 0.5) is 0 Å². The van der Waals surface area contributed by atoms with Gasteiger partial charge in [-0.1, -0.05) is 0 Å². The Morgan fingerprint density at radius 2 is 2.23 bits per heavy atom. The second-order valence-corrected chi connectivity index (χ2v) is 3.20. The van der Waals surface area contributed by atoms with Crippen LogP contribution in [0.5, 0.6) is 0 Å². The molecule has 3 heteroatoms. The predicted octanol–water partition coefficient (Wildman–Crippen LogP) is 1.42. The third-order valence-corrected chi connectivity index (χ3v) is 2.32. The molecule has 0 amide bonds. The molecule has 0 bridgehead atoms. The van der Waals surface area contributed by atoms with Gasteiger partial charge in [0.15, 0.2) is 0 Å². The summed E-state index contributed by atoms with van der Waals surface area (Å²) < 4.78 is 5.17. The second-order valence-electron chi connectivity index (χ2n) is 3.20. The van der Waals surface area contributed by atoms with E-state index in [0.29, 0.717) is 0 Å². The maximum absolute atomic E-state index is 5.98. The molecule has 13 heavy (non-hydrogen) atoms. The number of nitrogens with zero attached hydrogens (tertiary/aromatic N) is 1. The van der Waals surface area contributed by atoms with Crippen molar-refractivity contribution in [2.75, 3.05) is 7.11 Å². The van der Waals surface area contributed by atoms with Crippen molar-refractivity contribution in [3.8, 4) is 0 Å². The fraction of sp³-hybridized carbons (Fsp3) is 0.500. The van der Waals surface area contributed by atoms with Crippen molar-refractivity contribution in [3.63, 3.8) is 0 Å². The summed E-state index contributed by atoms with van der Waals surface area (Å²) in [6.07, 6.45) is 3.58. The molecule has 1 aromatic heterocycles. The van der Waals surface area contributed by atoms with Crippen LogP contribution in [-0.4, -0.2) is 18.2 Å². The van der Waals surface area contributed by atoms with E-state index in [4.69, 9.17) is 10.5 Å². The van der Waals surface area contributed by atoms with Gasteiger partial charge in [-0.25, -0.2) is 0 Å². The number of aromatic nitrogens is 1. The fourth-order valence-corrected chi connectivity index (χ4v) is 1.22. The van der Waals surface area contributed by atoms with E-state index in [9.17, 15) is 0 Å². The van der Waals surface area contributed by atoms with Crippen molar-refractivity contribution in [2.45, 2.75) is 26.0 Å². The van der Waals surface area contributed by atoms with Gasteiger partial charge >= 0.3 is 0 Å². The van der Waals surface area contributed by atoms with Crippen LogP contribution in [0, 0.1) is 6.92 Å². The minimum absolute atomic E-state index is 0.0166. The van der Waals surface area contributed by atoms with Gasteiger partial charge in [-0.15, -0.1) is 0 Å². The molecule has 0 spiro atoms.